The fourth-order valence-corrected chi connectivity index (χ4v) is 8.51. The van der Waals surface area contributed by atoms with Gasteiger partial charge in [0.05, 0.1) is 12.2 Å². The molecule has 0 aromatic rings. The zero-order valence-electron chi connectivity index (χ0n) is 21.7. The largest absolute Gasteiger partial charge is 0.507 e. The Balaban J connectivity index is 1.47. The lowest BCUT2D eigenvalue weighted by Crippen LogP contribution is -2.43. The standard InChI is InChI=1S/C29H40N2O6/c1-3-15-11-17-12-19-18-5-4-6-23(35)30-10-9-21(33)27-28(36)26(29(37)31-27)20(32)8-7-16(18)13-22(34)25(19)24(17)14(15)2/h4,6-8,14-19,21-22,24-25,27,32-34H,3,5,9-13H2,1-2H3,(H,30,35)(H,31,37)/b6-4-,8-7+,26-20?/t14?,15?,16-,17-,18?,19-,21?,22+,24-,25-,27?/m1/s1. The van der Waals surface area contributed by atoms with Crippen molar-refractivity contribution in [2.45, 2.75) is 70.6 Å². The minimum Gasteiger partial charge on any atom is -0.507 e. The molecule has 0 radical (unpaired) electrons. The molecule has 2 heterocycles. The maximum atomic E-state index is 12.8. The van der Waals surface area contributed by atoms with Crippen molar-refractivity contribution in [1.29, 1.82) is 0 Å². The second-order valence-corrected chi connectivity index (χ2v) is 11.9. The van der Waals surface area contributed by atoms with Gasteiger partial charge in [0.25, 0.3) is 5.91 Å². The van der Waals surface area contributed by atoms with Crippen LogP contribution in [0.1, 0.15) is 52.4 Å². The summed E-state index contributed by atoms with van der Waals surface area (Å²) >= 11 is 0. The van der Waals surface area contributed by atoms with Crippen LogP contribution in [-0.2, 0) is 14.4 Å². The first-order valence-corrected chi connectivity index (χ1v) is 14.0. The van der Waals surface area contributed by atoms with Crippen molar-refractivity contribution in [1.82, 2.24) is 10.6 Å². The van der Waals surface area contributed by atoms with E-state index in [1.165, 1.54) is 25.0 Å². The van der Waals surface area contributed by atoms with Crippen LogP contribution in [0.3, 0.4) is 0 Å². The number of nitrogens with one attached hydrogen (secondary N) is 2. The molecule has 1 saturated heterocycles. The summed E-state index contributed by atoms with van der Waals surface area (Å²) in [6, 6.07) is -1.16. The summed E-state index contributed by atoms with van der Waals surface area (Å²) in [5.41, 5.74) is -0.350. The SMILES string of the molecule is CCC1C[C@@H]2C[C@@H]3C4C/C=C\C(=O)NCCC(O)C5NC(=O)C(=C(O)/C=C/[C@@H]4C[C@H](O)[C@@H]3[C@@H]2C1C)C5=O. The third-order valence-corrected chi connectivity index (χ3v) is 10.2. The Kier molecular flexibility index (Phi) is 7.33. The summed E-state index contributed by atoms with van der Waals surface area (Å²) in [7, 11) is 0. The summed E-state index contributed by atoms with van der Waals surface area (Å²) in [5.74, 6) is 1.03. The molecule has 3 aliphatic carbocycles. The van der Waals surface area contributed by atoms with Crippen molar-refractivity contribution in [2.24, 2.45) is 47.3 Å². The van der Waals surface area contributed by atoms with Crippen LogP contribution in [0.5, 0.6) is 0 Å². The quantitative estimate of drug-likeness (QED) is 0.342. The number of hydrogen-bond donors (Lipinski definition) is 5. The number of rotatable bonds is 1. The number of aliphatic hydroxyl groups excluding tert-OH is 3. The summed E-state index contributed by atoms with van der Waals surface area (Å²) in [5, 5.41) is 37.7. The highest BCUT2D eigenvalue weighted by Gasteiger charge is 2.58. The highest BCUT2D eigenvalue weighted by molar-refractivity contribution is 6.27. The molecule has 0 spiro atoms. The summed E-state index contributed by atoms with van der Waals surface area (Å²) < 4.78 is 0. The fourth-order valence-electron chi connectivity index (χ4n) is 8.51. The van der Waals surface area contributed by atoms with Gasteiger partial charge in [-0.2, -0.15) is 0 Å². The molecule has 5 aliphatic rings. The van der Waals surface area contributed by atoms with E-state index in [1.54, 1.807) is 0 Å². The molecule has 11 atom stereocenters. The number of ketones is 1. The molecule has 0 aromatic heterocycles. The second kappa shape index (κ2) is 10.4. The van der Waals surface area contributed by atoms with Crippen LogP contribution in [0, 0.1) is 47.3 Å². The minimum absolute atomic E-state index is 0.0725. The maximum absolute atomic E-state index is 12.8. The molecule has 0 aromatic carbocycles. The minimum atomic E-state index is -1.19. The Morgan fingerprint density at radius 3 is 2.54 bits per heavy atom. The molecule has 2 aliphatic heterocycles. The van der Waals surface area contributed by atoms with Gasteiger partial charge in [0, 0.05) is 6.54 Å². The fraction of sp³-hybridized carbons (Fsp3) is 0.690. The number of fused-ring (bicyclic) bond motifs is 7. The number of aliphatic hydroxyl groups is 3. The van der Waals surface area contributed by atoms with E-state index in [0.29, 0.717) is 42.4 Å². The molecule has 5 N–H and O–H groups in total. The molecular weight excluding hydrogens is 472 g/mol. The highest BCUT2D eigenvalue weighted by atomic mass is 16.3. The first-order valence-electron chi connectivity index (χ1n) is 14.0. The number of carbonyl (C=O) groups excluding carboxylic acids is 3. The van der Waals surface area contributed by atoms with E-state index in [9.17, 15) is 29.7 Å². The molecule has 4 fully saturated rings. The van der Waals surface area contributed by atoms with Gasteiger partial charge in [0.15, 0.2) is 5.78 Å². The normalized spacial score (nSPS) is 46.1. The monoisotopic (exact) mass is 512 g/mol. The first-order chi connectivity index (χ1) is 17.7. The molecule has 5 unspecified atom stereocenters. The zero-order valence-corrected chi connectivity index (χ0v) is 21.7. The molecule has 202 valence electrons. The van der Waals surface area contributed by atoms with Gasteiger partial charge in [-0.3, -0.25) is 14.4 Å². The van der Waals surface area contributed by atoms with Crippen LogP contribution in [0.2, 0.25) is 0 Å². The molecule has 5 rings (SSSR count). The number of allylic oxidation sites excluding steroid dienone is 3. The Bertz CT molecular complexity index is 1030. The van der Waals surface area contributed by atoms with Crippen LogP contribution in [-0.4, -0.2) is 57.7 Å². The van der Waals surface area contributed by atoms with Crippen LogP contribution >= 0.6 is 0 Å². The third kappa shape index (κ3) is 4.67. The Morgan fingerprint density at radius 1 is 1.00 bits per heavy atom. The third-order valence-electron chi connectivity index (χ3n) is 10.2. The highest BCUT2D eigenvalue weighted by Crippen LogP contribution is 2.62. The van der Waals surface area contributed by atoms with Crippen molar-refractivity contribution in [2.75, 3.05) is 6.54 Å². The van der Waals surface area contributed by atoms with Gasteiger partial charge in [0.2, 0.25) is 5.91 Å². The van der Waals surface area contributed by atoms with Gasteiger partial charge in [-0.1, -0.05) is 32.4 Å². The lowest BCUT2D eigenvalue weighted by atomic mass is 9.62. The van der Waals surface area contributed by atoms with E-state index in [4.69, 9.17) is 0 Å². The number of amides is 2. The number of hydrogen-bond acceptors (Lipinski definition) is 6. The van der Waals surface area contributed by atoms with Gasteiger partial charge in [-0.15, -0.1) is 0 Å². The van der Waals surface area contributed by atoms with Gasteiger partial charge >= 0.3 is 0 Å². The summed E-state index contributed by atoms with van der Waals surface area (Å²) in [6.07, 6.45) is 9.79. The smallest absolute Gasteiger partial charge is 0.259 e. The van der Waals surface area contributed by atoms with E-state index < -0.39 is 35.7 Å². The van der Waals surface area contributed by atoms with Crippen molar-refractivity contribution >= 4 is 17.6 Å². The molecule has 3 saturated carbocycles. The number of carbonyl (C=O) groups is 3. The van der Waals surface area contributed by atoms with Gasteiger partial charge < -0.3 is 26.0 Å². The van der Waals surface area contributed by atoms with E-state index >= 15 is 0 Å². The van der Waals surface area contributed by atoms with Crippen LogP contribution < -0.4 is 10.6 Å². The lowest BCUT2D eigenvalue weighted by molar-refractivity contribution is -0.118. The zero-order chi connectivity index (χ0) is 26.4. The van der Waals surface area contributed by atoms with E-state index in [1.807, 2.05) is 12.2 Å². The molecule has 8 heteroatoms. The van der Waals surface area contributed by atoms with E-state index in [2.05, 4.69) is 24.5 Å². The topological polar surface area (TPSA) is 136 Å². The van der Waals surface area contributed by atoms with E-state index in [0.717, 1.165) is 6.42 Å². The summed E-state index contributed by atoms with van der Waals surface area (Å²) in [4.78, 5) is 37.7. The van der Waals surface area contributed by atoms with E-state index in [-0.39, 0.29) is 42.2 Å². The molecule has 2 amide bonds. The predicted molar refractivity (Wildman–Crippen MR) is 137 cm³/mol. The lowest BCUT2D eigenvalue weighted by Gasteiger charge is -2.44. The van der Waals surface area contributed by atoms with Gasteiger partial charge in [-0.05, 0) is 91.6 Å². The predicted octanol–water partition coefficient (Wildman–Crippen LogP) is 2.18. The number of Topliss-reactive ketones (excluding diaryl/α,β-unsaturated/α-hetero) is 1. The van der Waals surface area contributed by atoms with Crippen molar-refractivity contribution in [3.63, 3.8) is 0 Å². The van der Waals surface area contributed by atoms with Crippen LogP contribution in [0.15, 0.2) is 35.6 Å². The second-order valence-electron chi connectivity index (χ2n) is 11.9. The molecule has 2 bridgehead atoms. The van der Waals surface area contributed by atoms with Crippen molar-refractivity contribution in [3.8, 4) is 0 Å². The van der Waals surface area contributed by atoms with Crippen molar-refractivity contribution < 1.29 is 29.7 Å². The van der Waals surface area contributed by atoms with Gasteiger partial charge in [0.1, 0.15) is 17.4 Å². The van der Waals surface area contributed by atoms with Crippen LogP contribution in [0.4, 0.5) is 0 Å². The van der Waals surface area contributed by atoms with Gasteiger partial charge in [-0.25, -0.2) is 0 Å². The molecule has 8 nitrogen and oxygen atoms in total. The Morgan fingerprint density at radius 2 is 1.78 bits per heavy atom. The summed E-state index contributed by atoms with van der Waals surface area (Å²) in [6.45, 7) is 4.76. The molecule has 37 heavy (non-hydrogen) atoms. The average Bonchev–Trinajstić information content (AvgIpc) is 3.48. The first kappa shape index (κ1) is 26.2. The molecular formula is C29H40N2O6. The van der Waals surface area contributed by atoms with Crippen molar-refractivity contribution in [3.05, 3.63) is 35.6 Å². The Labute approximate surface area is 218 Å². The Hall–Kier alpha value is -2.45. The average molecular weight is 513 g/mol. The maximum Gasteiger partial charge on any atom is 0.259 e. The van der Waals surface area contributed by atoms with Crippen LogP contribution in [0.25, 0.3) is 0 Å².